The molecule has 6 heteroatoms. The van der Waals surface area contributed by atoms with Crippen LogP contribution in [0, 0.1) is 21.4 Å². The molecule has 0 aromatic heterocycles. The predicted molar refractivity (Wildman–Crippen MR) is 83.1 cm³/mol. The Morgan fingerprint density at radius 3 is 2.55 bits per heavy atom. The highest BCUT2D eigenvalue weighted by molar-refractivity contribution is 8.00. The number of hydrogen-bond acceptors (Lipinski definition) is 5. The van der Waals surface area contributed by atoms with Gasteiger partial charge >= 0.3 is 0 Å². The highest BCUT2D eigenvalue weighted by atomic mass is 32.2. The lowest BCUT2D eigenvalue weighted by molar-refractivity contribution is -0.385. The average molecular weight is 293 g/mol. The number of anilines is 1. The van der Waals surface area contributed by atoms with Gasteiger partial charge in [0.15, 0.2) is 0 Å². The van der Waals surface area contributed by atoms with Crippen LogP contribution in [0.2, 0.25) is 0 Å². The summed E-state index contributed by atoms with van der Waals surface area (Å²) in [5.41, 5.74) is 0.676. The zero-order valence-corrected chi connectivity index (χ0v) is 12.8. The van der Waals surface area contributed by atoms with Crippen LogP contribution >= 0.6 is 11.8 Å². The van der Waals surface area contributed by atoms with E-state index in [9.17, 15) is 10.1 Å². The van der Waals surface area contributed by atoms with E-state index in [0.29, 0.717) is 0 Å². The van der Waals surface area contributed by atoms with Gasteiger partial charge in [-0.05, 0) is 31.2 Å². The van der Waals surface area contributed by atoms with Crippen molar-refractivity contribution in [3.63, 3.8) is 0 Å². The fourth-order valence-corrected chi connectivity index (χ4v) is 2.81. The summed E-state index contributed by atoms with van der Waals surface area (Å²) >= 11 is 1.82. The maximum absolute atomic E-state index is 10.8. The quantitative estimate of drug-likeness (QED) is 0.611. The summed E-state index contributed by atoms with van der Waals surface area (Å²) in [6, 6.07) is 6.43. The van der Waals surface area contributed by atoms with E-state index in [1.54, 1.807) is 6.07 Å². The number of hydrogen-bond donors (Lipinski definition) is 1. The number of thioether (sulfide) groups is 1. The molecule has 0 radical (unpaired) electrons. The molecule has 0 aliphatic heterocycles. The molecule has 0 aliphatic rings. The molecule has 108 valence electrons. The second-order valence-electron chi connectivity index (χ2n) is 4.55. The molecule has 20 heavy (non-hydrogen) atoms. The van der Waals surface area contributed by atoms with Crippen LogP contribution < -0.4 is 5.32 Å². The van der Waals surface area contributed by atoms with Crippen LogP contribution in [0.15, 0.2) is 18.2 Å². The minimum Gasteiger partial charge on any atom is -0.384 e. The van der Waals surface area contributed by atoms with Crippen molar-refractivity contribution >= 4 is 23.1 Å². The van der Waals surface area contributed by atoms with Gasteiger partial charge in [-0.15, -0.1) is 0 Å². The lowest BCUT2D eigenvalue weighted by Crippen LogP contribution is -2.31. The van der Waals surface area contributed by atoms with E-state index in [1.807, 2.05) is 17.8 Å². The summed E-state index contributed by atoms with van der Waals surface area (Å²) in [5, 5.41) is 23.0. The summed E-state index contributed by atoms with van der Waals surface area (Å²) in [4.78, 5) is 10.2. The molecule has 0 unspecified atom stereocenters. The van der Waals surface area contributed by atoms with Crippen molar-refractivity contribution < 1.29 is 4.92 Å². The lowest BCUT2D eigenvalue weighted by Gasteiger charge is -2.30. The van der Waals surface area contributed by atoms with Crippen LogP contribution in [0.3, 0.4) is 0 Å². The minimum atomic E-state index is -0.535. The molecule has 1 N–H and O–H groups in total. The Bertz CT molecular complexity index is 513. The molecule has 0 spiro atoms. The van der Waals surface area contributed by atoms with Crippen LogP contribution in [0.4, 0.5) is 11.4 Å². The normalized spacial score (nSPS) is 10.9. The van der Waals surface area contributed by atoms with Crippen molar-refractivity contribution in [2.24, 2.45) is 0 Å². The van der Waals surface area contributed by atoms with Gasteiger partial charge in [0.1, 0.15) is 11.6 Å². The molecule has 1 aromatic carbocycles. The Balaban J connectivity index is 2.90. The van der Waals surface area contributed by atoms with Gasteiger partial charge in [0, 0.05) is 23.0 Å². The Hall–Kier alpha value is -1.74. The first kappa shape index (κ1) is 16.3. The van der Waals surface area contributed by atoms with Crippen LogP contribution in [0.1, 0.15) is 32.3 Å². The van der Waals surface area contributed by atoms with Gasteiger partial charge in [0.2, 0.25) is 0 Å². The number of nitrogens with zero attached hydrogens (tertiary/aromatic N) is 2. The number of nitro benzene ring substituents is 1. The largest absolute Gasteiger partial charge is 0.384 e. The maximum atomic E-state index is 10.8. The summed E-state index contributed by atoms with van der Waals surface area (Å²) < 4.78 is 0.147. The molecule has 1 rings (SSSR count). The highest BCUT2D eigenvalue weighted by Crippen LogP contribution is 2.31. The SMILES string of the molecule is CCC(CC)(CNc1ccc([N+](=O)[O-])c(C#N)c1)SC. The van der Waals surface area contributed by atoms with Crippen molar-refractivity contribution in [1.29, 1.82) is 5.26 Å². The molecule has 1 aromatic rings. The van der Waals surface area contributed by atoms with Crippen LogP contribution in [-0.4, -0.2) is 22.5 Å². The third-order valence-corrected chi connectivity index (χ3v) is 5.24. The van der Waals surface area contributed by atoms with E-state index >= 15 is 0 Å². The first-order chi connectivity index (χ1) is 9.51. The van der Waals surface area contributed by atoms with E-state index in [1.165, 1.54) is 12.1 Å². The van der Waals surface area contributed by atoms with E-state index in [4.69, 9.17) is 5.26 Å². The molecule has 5 nitrogen and oxygen atoms in total. The van der Waals surface area contributed by atoms with E-state index in [2.05, 4.69) is 25.4 Å². The molecule has 0 amide bonds. The molecule has 0 saturated carbocycles. The standard InChI is InChI=1S/C14H19N3O2S/c1-4-14(5-2,20-3)10-16-12-6-7-13(17(18)19)11(8-12)9-15/h6-8,16H,4-5,10H2,1-3H3. The van der Waals surface area contributed by atoms with Crippen molar-refractivity contribution in [1.82, 2.24) is 0 Å². The van der Waals surface area contributed by atoms with Crippen molar-refractivity contribution in [3.05, 3.63) is 33.9 Å². The molecule has 0 heterocycles. The topological polar surface area (TPSA) is 79.0 Å². The minimum absolute atomic E-state index is 0.0859. The first-order valence-corrected chi connectivity index (χ1v) is 7.72. The number of benzene rings is 1. The maximum Gasteiger partial charge on any atom is 0.287 e. The van der Waals surface area contributed by atoms with Crippen LogP contribution in [0.25, 0.3) is 0 Å². The third-order valence-electron chi connectivity index (χ3n) is 3.65. The molecule has 0 fully saturated rings. The van der Waals surface area contributed by atoms with Gasteiger partial charge in [-0.2, -0.15) is 17.0 Å². The number of rotatable bonds is 7. The molecular weight excluding hydrogens is 274 g/mol. The van der Waals surface area contributed by atoms with Gasteiger partial charge in [-0.1, -0.05) is 13.8 Å². The first-order valence-electron chi connectivity index (χ1n) is 6.49. The molecule has 0 aliphatic carbocycles. The van der Waals surface area contributed by atoms with E-state index in [0.717, 1.165) is 25.1 Å². The molecular formula is C14H19N3O2S. The Morgan fingerprint density at radius 2 is 2.10 bits per heavy atom. The van der Waals surface area contributed by atoms with Crippen molar-refractivity contribution in [3.8, 4) is 6.07 Å². The summed E-state index contributed by atoms with van der Waals surface area (Å²) in [7, 11) is 0. The summed E-state index contributed by atoms with van der Waals surface area (Å²) in [6.45, 7) is 5.07. The zero-order valence-electron chi connectivity index (χ0n) is 12.0. The fourth-order valence-electron chi connectivity index (χ4n) is 2.02. The summed E-state index contributed by atoms with van der Waals surface area (Å²) in [5.74, 6) is 0. The second-order valence-corrected chi connectivity index (χ2v) is 5.82. The average Bonchev–Trinajstić information content (AvgIpc) is 2.48. The van der Waals surface area contributed by atoms with Gasteiger partial charge in [0.25, 0.3) is 5.69 Å². The fraction of sp³-hybridized carbons (Fsp3) is 0.500. The Kier molecular flexibility index (Phi) is 5.83. The van der Waals surface area contributed by atoms with Gasteiger partial charge in [0.05, 0.1) is 4.92 Å². The predicted octanol–water partition coefficient (Wildman–Crippen LogP) is 3.80. The lowest BCUT2D eigenvalue weighted by atomic mass is 10.0. The zero-order chi connectivity index (χ0) is 15.2. The Morgan fingerprint density at radius 1 is 1.45 bits per heavy atom. The smallest absolute Gasteiger partial charge is 0.287 e. The highest BCUT2D eigenvalue weighted by Gasteiger charge is 2.24. The summed E-state index contributed by atoms with van der Waals surface area (Å²) in [6.07, 6.45) is 4.16. The van der Waals surface area contributed by atoms with Gasteiger partial charge in [-0.25, -0.2) is 0 Å². The number of nitrogens with one attached hydrogen (secondary N) is 1. The van der Waals surface area contributed by atoms with Crippen molar-refractivity contribution in [2.45, 2.75) is 31.4 Å². The molecule has 0 saturated heterocycles. The second kappa shape index (κ2) is 7.15. The number of nitro groups is 1. The van der Waals surface area contributed by atoms with Crippen LogP contribution in [-0.2, 0) is 0 Å². The molecule has 0 atom stereocenters. The van der Waals surface area contributed by atoms with E-state index in [-0.39, 0.29) is 16.0 Å². The number of nitriles is 1. The van der Waals surface area contributed by atoms with E-state index < -0.39 is 4.92 Å². The van der Waals surface area contributed by atoms with Gasteiger partial charge in [-0.3, -0.25) is 10.1 Å². The van der Waals surface area contributed by atoms with Crippen LogP contribution in [0.5, 0.6) is 0 Å². The molecule has 0 bridgehead atoms. The third kappa shape index (κ3) is 3.64. The Labute approximate surface area is 123 Å². The monoisotopic (exact) mass is 293 g/mol. The van der Waals surface area contributed by atoms with Crippen molar-refractivity contribution in [2.75, 3.05) is 18.1 Å². The van der Waals surface area contributed by atoms with Gasteiger partial charge < -0.3 is 5.32 Å².